The lowest BCUT2D eigenvalue weighted by Gasteiger charge is -2.29. The number of carbonyl (C=O) groups excluding carboxylic acids is 1. The van der Waals surface area contributed by atoms with Gasteiger partial charge >= 0.3 is 11.5 Å². The van der Waals surface area contributed by atoms with Crippen LogP contribution in [0.4, 0.5) is 5.69 Å². The Kier molecular flexibility index (Phi) is 5.24. The molecule has 0 saturated heterocycles. The van der Waals surface area contributed by atoms with Crippen molar-refractivity contribution in [1.29, 1.82) is 0 Å². The zero-order valence-electron chi connectivity index (χ0n) is 12.9. The summed E-state index contributed by atoms with van der Waals surface area (Å²) in [5.41, 5.74) is -2.00. The fourth-order valence-electron chi connectivity index (χ4n) is 2.56. The summed E-state index contributed by atoms with van der Waals surface area (Å²) in [5.74, 6) is -0.995. The first-order valence-electron chi connectivity index (χ1n) is 7.26. The van der Waals surface area contributed by atoms with Gasteiger partial charge in [-0.2, -0.15) is 0 Å². The maximum atomic E-state index is 12.4. The Hall–Kier alpha value is -2.81. The molecular weight excluding hydrogens is 320 g/mol. The minimum absolute atomic E-state index is 0.00881. The number of esters is 1. The van der Waals surface area contributed by atoms with Gasteiger partial charge in [0.15, 0.2) is 6.10 Å². The van der Waals surface area contributed by atoms with E-state index >= 15 is 0 Å². The third-order valence-electron chi connectivity index (χ3n) is 3.75. The van der Waals surface area contributed by atoms with Gasteiger partial charge in [-0.25, -0.2) is 4.79 Å². The van der Waals surface area contributed by atoms with E-state index in [1.165, 1.54) is 30.3 Å². The average Bonchev–Trinajstić information content (AvgIpc) is 2.78. The molecule has 1 aliphatic rings. The van der Waals surface area contributed by atoms with E-state index in [1.54, 1.807) is 13.0 Å². The second-order valence-corrected chi connectivity index (χ2v) is 5.14. The Bertz CT molecular complexity index is 671. The SMILES string of the molecule is CCOC(=O)[C@]1([N+](=O)[O-])CC=CCO[C@H]1c1ccc([N+](=O)[O-])cc1. The van der Waals surface area contributed by atoms with Gasteiger partial charge in [0, 0.05) is 17.1 Å². The summed E-state index contributed by atoms with van der Waals surface area (Å²) >= 11 is 0. The van der Waals surface area contributed by atoms with E-state index in [4.69, 9.17) is 9.47 Å². The lowest BCUT2D eigenvalue weighted by molar-refractivity contribution is -0.569. The molecule has 128 valence electrons. The Morgan fingerprint density at radius 1 is 1.29 bits per heavy atom. The zero-order chi connectivity index (χ0) is 17.7. The van der Waals surface area contributed by atoms with Crippen molar-refractivity contribution in [3.05, 3.63) is 62.2 Å². The quantitative estimate of drug-likeness (QED) is 0.349. The zero-order valence-corrected chi connectivity index (χ0v) is 12.9. The monoisotopic (exact) mass is 336 g/mol. The summed E-state index contributed by atoms with van der Waals surface area (Å²) in [6.45, 7) is 1.63. The predicted octanol–water partition coefficient (Wildman–Crippen LogP) is 2.19. The summed E-state index contributed by atoms with van der Waals surface area (Å²) in [4.78, 5) is 33.6. The molecule has 9 nitrogen and oxygen atoms in total. The van der Waals surface area contributed by atoms with Crippen molar-refractivity contribution in [2.75, 3.05) is 13.2 Å². The summed E-state index contributed by atoms with van der Waals surface area (Å²) in [7, 11) is 0. The fraction of sp³-hybridized carbons (Fsp3) is 0.400. The number of nitrogens with zero attached hydrogens (tertiary/aromatic N) is 2. The van der Waals surface area contributed by atoms with Crippen LogP contribution in [-0.2, 0) is 14.3 Å². The van der Waals surface area contributed by atoms with Crippen LogP contribution < -0.4 is 0 Å². The lowest BCUT2D eigenvalue weighted by Crippen LogP contribution is -2.52. The molecule has 2 rings (SSSR count). The van der Waals surface area contributed by atoms with Crippen molar-refractivity contribution in [3.63, 3.8) is 0 Å². The van der Waals surface area contributed by atoms with Crippen LogP contribution in [0.25, 0.3) is 0 Å². The number of hydrogen-bond acceptors (Lipinski definition) is 7. The lowest BCUT2D eigenvalue weighted by atomic mass is 9.85. The van der Waals surface area contributed by atoms with Gasteiger partial charge in [-0.1, -0.05) is 12.2 Å². The van der Waals surface area contributed by atoms with Gasteiger partial charge < -0.3 is 9.47 Å². The van der Waals surface area contributed by atoms with Gasteiger partial charge in [0.25, 0.3) is 5.69 Å². The van der Waals surface area contributed by atoms with Crippen molar-refractivity contribution in [1.82, 2.24) is 0 Å². The second-order valence-electron chi connectivity index (χ2n) is 5.14. The molecule has 1 aromatic rings. The minimum atomic E-state index is -2.14. The molecule has 0 aromatic heterocycles. The molecule has 24 heavy (non-hydrogen) atoms. The number of nitro groups is 2. The van der Waals surface area contributed by atoms with Crippen molar-refractivity contribution in [3.8, 4) is 0 Å². The van der Waals surface area contributed by atoms with Crippen LogP contribution in [0.2, 0.25) is 0 Å². The molecule has 0 saturated carbocycles. The molecule has 9 heteroatoms. The van der Waals surface area contributed by atoms with Gasteiger partial charge in [-0.05, 0) is 24.6 Å². The van der Waals surface area contributed by atoms with Crippen LogP contribution in [0.5, 0.6) is 0 Å². The highest BCUT2D eigenvalue weighted by atomic mass is 16.6. The van der Waals surface area contributed by atoms with Crippen molar-refractivity contribution in [2.24, 2.45) is 0 Å². The topological polar surface area (TPSA) is 122 Å². The molecule has 1 aromatic carbocycles. The third-order valence-corrected chi connectivity index (χ3v) is 3.75. The Morgan fingerprint density at radius 3 is 2.50 bits per heavy atom. The standard InChI is InChI=1S/C15H16N2O7/c1-2-23-14(18)15(17(21)22)9-3-4-10-24-13(15)11-5-7-12(8-6-11)16(19)20/h3-8,13H,2,9-10H2,1H3/t13-,15-/m0/s1. The molecule has 2 atom stereocenters. The molecule has 0 amide bonds. The summed E-state index contributed by atoms with van der Waals surface area (Å²) < 4.78 is 10.4. The summed E-state index contributed by atoms with van der Waals surface area (Å²) in [6, 6.07) is 5.14. The van der Waals surface area contributed by atoms with E-state index in [1.807, 2.05) is 0 Å². The molecule has 0 unspecified atom stereocenters. The summed E-state index contributed by atoms with van der Waals surface area (Å²) in [6.07, 6.45) is 1.68. The number of nitro benzene ring substituents is 1. The van der Waals surface area contributed by atoms with Gasteiger partial charge in [0.05, 0.1) is 24.6 Å². The van der Waals surface area contributed by atoms with Gasteiger partial charge in [0.1, 0.15) is 0 Å². The normalized spacial score (nSPS) is 23.3. The molecular formula is C15H16N2O7. The van der Waals surface area contributed by atoms with E-state index in [2.05, 4.69) is 0 Å². The number of rotatable bonds is 5. The van der Waals surface area contributed by atoms with Crippen LogP contribution in [0.15, 0.2) is 36.4 Å². The third kappa shape index (κ3) is 3.11. The van der Waals surface area contributed by atoms with Crippen molar-refractivity contribution >= 4 is 11.7 Å². The molecule has 0 aliphatic carbocycles. The number of non-ortho nitro benzene ring substituents is 1. The van der Waals surface area contributed by atoms with E-state index in [9.17, 15) is 25.0 Å². The molecule has 0 N–H and O–H groups in total. The van der Waals surface area contributed by atoms with Crippen LogP contribution in [0.1, 0.15) is 25.0 Å². The first-order chi connectivity index (χ1) is 11.4. The molecule has 0 radical (unpaired) electrons. The number of benzene rings is 1. The molecule has 1 heterocycles. The average molecular weight is 336 g/mol. The van der Waals surface area contributed by atoms with Crippen LogP contribution in [0, 0.1) is 20.2 Å². The predicted molar refractivity (Wildman–Crippen MR) is 81.9 cm³/mol. The van der Waals surface area contributed by atoms with E-state index in [0.29, 0.717) is 5.56 Å². The number of hydrogen-bond donors (Lipinski definition) is 0. The first-order valence-corrected chi connectivity index (χ1v) is 7.26. The highest BCUT2D eigenvalue weighted by Gasteiger charge is 2.60. The summed E-state index contributed by atoms with van der Waals surface area (Å²) in [5, 5.41) is 22.5. The molecule has 1 aliphatic heterocycles. The Labute approximate surface area is 137 Å². The van der Waals surface area contributed by atoms with E-state index < -0.39 is 27.5 Å². The van der Waals surface area contributed by atoms with Crippen molar-refractivity contribution in [2.45, 2.75) is 25.0 Å². The Balaban J connectivity index is 2.51. The maximum absolute atomic E-state index is 12.4. The van der Waals surface area contributed by atoms with Gasteiger partial charge in [-0.15, -0.1) is 0 Å². The Morgan fingerprint density at radius 2 is 1.96 bits per heavy atom. The van der Waals surface area contributed by atoms with Crippen LogP contribution in [-0.4, -0.2) is 34.6 Å². The highest BCUT2D eigenvalue weighted by molar-refractivity contribution is 5.81. The largest absolute Gasteiger partial charge is 0.461 e. The maximum Gasteiger partial charge on any atom is 0.388 e. The second kappa shape index (κ2) is 7.18. The van der Waals surface area contributed by atoms with Crippen LogP contribution in [0.3, 0.4) is 0 Å². The molecule has 0 bridgehead atoms. The molecule has 0 spiro atoms. The number of carbonyl (C=O) groups is 1. The van der Waals surface area contributed by atoms with Crippen molar-refractivity contribution < 1.29 is 24.1 Å². The fourth-order valence-corrected chi connectivity index (χ4v) is 2.56. The van der Waals surface area contributed by atoms with Gasteiger partial charge in [0.2, 0.25) is 0 Å². The smallest absolute Gasteiger partial charge is 0.388 e. The first kappa shape index (κ1) is 17.5. The highest BCUT2D eigenvalue weighted by Crippen LogP contribution is 2.38. The van der Waals surface area contributed by atoms with Gasteiger partial charge in [-0.3, -0.25) is 20.2 Å². The molecule has 0 fully saturated rings. The van der Waals surface area contributed by atoms with Crippen LogP contribution >= 0.6 is 0 Å². The van der Waals surface area contributed by atoms with E-state index in [-0.39, 0.29) is 25.3 Å². The van der Waals surface area contributed by atoms with E-state index in [0.717, 1.165) is 0 Å². The number of ether oxygens (including phenoxy) is 2. The minimum Gasteiger partial charge on any atom is -0.461 e.